The number of ether oxygens (including phenoxy) is 1. The molecule has 0 spiro atoms. The number of nitrogens with one attached hydrogen (secondary N) is 1. The molecule has 4 rings (SSSR count). The monoisotopic (exact) mass is 483 g/mol. The number of amides is 1. The van der Waals surface area contributed by atoms with Gasteiger partial charge in [-0.05, 0) is 57.2 Å². The smallest absolute Gasteiger partial charge is 0.256 e. The highest BCUT2D eigenvalue weighted by atomic mass is 16.5. The average molecular weight is 484 g/mol. The van der Waals surface area contributed by atoms with E-state index in [-0.39, 0.29) is 23.2 Å². The number of aromatic amines is 1. The van der Waals surface area contributed by atoms with Crippen LogP contribution in [0.3, 0.4) is 0 Å². The summed E-state index contributed by atoms with van der Waals surface area (Å²) < 4.78 is 5.38. The Morgan fingerprint density at radius 3 is 2.71 bits per heavy atom. The van der Waals surface area contributed by atoms with Crippen molar-refractivity contribution in [1.29, 1.82) is 0 Å². The highest BCUT2D eigenvalue weighted by Crippen LogP contribution is 2.30. The quantitative estimate of drug-likeness (QED) is 0.509. The van der Waals surface area contributed by atoms with Crippen molar-refractivity contribution >= 4 is 17.4 Å². The van der Waals surface area contributed by atoms with Gasteiger partial charge in [-0.3, -0.25) is 24.3 Å². The zero-order chi connectivity index (χ0) is 24.8. The van der Waals surface area contributed by atoms with Gasteiger partial charge < -0.3 is 14.6 Å². The van der Waals surface area contributed by atoms with Crippen LogP contribution in [0.5, 0.6) is 0 Å². The number of Topliss-reactive ketones (excluding diaryl/α,β-unsaturated/α-hetero) is 1. The second kappa shape index (κ2) is 11.9. The molecule has 0 aromatic carbocycles. The number of fused-ring (bicyclic) bond motifs is 1. The van der Waals surface area contributed by atoms with Crippen LogP contribution in [0, 0.1) is 11.8 Å². The summed E-state index contributed by atoms with van der Waals surface area (Å²) in [4.78, 5) is 54.2. The van der Waals surface area contributed by atoms with E-state index in [0.717, 1.165) is 37.8 Å². The van der Waals surface area contributed by atoms with Gasteiger partial charge in [0.2, 0.25) is 5.91 Å². The maximum Gasteiger partial charge on any atom is 0.256 e. The second-order valence-corrected chi connectivity index (χ2v) is 9.79. The van der Waals surface area contributed by atoms with Crippen LogP contribution in [0.15, 0.2) is 21.9 Å². The average Bonchev–Trinajstić information content (AvgIpc) is 3.68. The Morgan fingerprint density at radius 1 is 1.26 bits per heavy atom. The molecule has 1 aromatic heterocycles. The number of aliphatic imine (C=N–C) groups is 1. The minimum Gasteiger partial charge on any atom is -0.376 e. The lowest BCUT2D eigenvalue weighted by Crippen LogP contribution is -2.45. The third-order valence-corrected chi connectivity index (χ3v) is 7.07. The molecule has 1 aliphatic carbocycles. The topological polar surface area (TPSA) is 108 Å². The van der Waals surface area contributed by atoms with E-state index in [1.165, 1.54) is 0 Å². The molecule has 0 unspecified atom stereocenters. The summed E-state index contributed by atoms with van der Waals surface area (Å²) in [6, 6.07) is 0. The first-order chi connectivity index (χ1) is 17.0. The van der Waals surface area contributed by atoms with Gasteiger partial charge in [0.25, 0.3) is 5.56 Å². The number of rotatable bonds is 10. The number of aromatic nitrogens is 2. The van der Waals surface area contributed by atoms with Crippen molar-refractivity contribution in [2.24, 2.45) is 16.8 Å². The van der Waals surface area contributed by atoms with Gasteiger partial charge in [0.1, 0.15) is 5.82 Å². The van der Waals surface area contributed by atoms with Crippen molar-refractivity contribution in [3.8, 4) is 0 Å². The van der Waals surface area contributed by atoms with Gasteiger partial charge >= 0.3 is 0 Å². The van der Waals surface area contributed by atoms with E-state index in [4.69, 9.17) is 4.74 Å². The third kappa shape index (κ3) is 6.73. The zero-order valence-corrected chi connectivity index (χ0v) is 20.9. The van der Waals surface area contributed by atoms with Crippen LogP contribution in [0.4, 0.5) is 0 Å². The highest BCUT2D eigenvalue weighted by Gasteiger charge is 2.31. The van der Waals surface area contributed by atoms with Crippen molar-refractivity contribution in [3.05, 3.63) is 39.6 Å². The van der Waals surface area contributed by atoms with Crippen LogP contribution in [-0.4, -0.2) is 77.0 Å². The Labute approximate surface area is 206 Å². The van der Waals surface area contributed by atoms with Gasteiger partial charge in [-0.25, -0.2) is 4.98 Å². The van der Waals surface area contributed by atoms with Gasteiger partial charge in [0.05, 0.1) is 43.3 Å². The van der Waals surface area contributed by atoms with Crippen molar-refractivity contribution in [2.75, 3.05) is 39.8 Å². The fourth-order valence-corrected chi connectivity index (χ4v) is 4.77. The lowest BCUT2D eigenvalue weighted by Gasteiger charge is -2.32. The van der Waals surface area contributed by atoms with Gasteiger partial charge in [0, 0.05) is 25.9 Å². The van der Waals surface area contributed by atoms with Gasteiger partial charge in [-0.15, -0.1) is 0 Å². The van der Waals surface area contributed by atoms with Gasteiger partial charge in [-0.1, -0.05) is 13.0 Å². The van der Waals surface area contributed by atoms with E-state index in [9.17, 15) is 14.4 Å². The second-order valence-electron chi connectivity index (χ2n) is 9.79. The first kappa shape index (κ1) is 25.4. The SMILES string of the molecule is CC/C=C\C(=NC)C(=O)C1CCN(CC(=O)N(Cc2nc3c(c(=O)[nH]2)COCC3)CC2CC2)CC1. The molecule has 35 heavy (non-hydrogen) atoms. The first-order valence-corrected chi connectivity index (χ1v) is 12.8. The van der Waals surface area contributed by atoms with Crippen LogP contribution in [0.25, 0.3) is 0 Å². The van der Waals surface area contributed by atoms with E-state index in [2.05, 4.69) is 19.9 Å². The largest absolute Gasteiger partial charge is 0.376 e. The number of H-pyrrole nitrogens is 1. The minimum absolute atomic E-state index is 0.0436. The molecule has 1 saturated heterocycles. The minimum atomic E-state index is -0.168. The van der Waals surface area contributed by atoms with Crippen molar-refractivity contribution in [2.45, 2.75) is 58.6 Å². The Bertz CT molecular complexity index is 1030. The Kier molecular flexibility index (Phi) is 8.62. The van der Waals surface area contributed by atoms with Crippen molar-refractivity contribution in [1.82, 2.24) is 19.8 Å². The predicted molar refractivity (Wildman–Crippen MR) is 133 cm³/mol. The molecule has 2 fully saturated rings. The van der Waals surface area contributed by atoms with E-state index in [1.54, 1.807) is 7.05 Å². The molecular formula is C26H37N5O4. The summed E-state index contributed by atoms with van der Waals surface area (Å²) in [5.41, 5.74) is 1.75. The molecular weight excluding hydrogens is 446 g/mol. The molecule has 3 heterocycles. The maximum atomic E-state index is 13.3. The summed E-state index contributed by atoms with van der Waals surface area (Å²) in [7, 11) is 1.66. The molecule has 0 atom stereocenters. The Morgan fingerprint density at radius 2 is 2.03 bits per heavy atom. The van der Waals surface area contributed by atoms with Gasteiger partial charge in [-0.2, -0.15) is 0 Å². The maximum absolute atomic E-state index is 13.3. The van der Waals surface area contributed by atoms with Crippen molar-refractivity contribution < 1.29 is 14.3 Å². The lowest BCUT2D eigenvalue weighted by molar-refractivity contribution is -0.133. The van der Waals surface area contributed by atoms with Gasteiger partial charge in [0.15, 0.2) is 5.78 Å². The normalized spacial score (nSPS) is 19.7. The summed E-state index contributed by atoms with van der Waals surface area (Å²) >= 11 is 0. The molecule has 3 aliphatic rings. The number of hydrogen-bond acceptors (Lipinski definition) is 7. The molecule has 0 bridgehead atoms. The number of nitrogens with zero attached hydrogens (tertiary/aromatic N) is 4. The predicted octanol–water partition coefficient (Wildman–Crippen LogP) is 1.90. The zero-order valence-electron chi connectivity index (χ0n) is 20.9. The molecule has 0 radical (unpaired) electrons. The number of allylic oxidation sites excluding steroid dienone is 2. The molecule has 1 N–H and O–H groups in total. The fraction of sp³-hybridized carbons (Fsp3) is 0.654. The first-order valence-electron chi connectivity index (χ1n) is 12.8. The molecule has 9 nitrogen and oxygen atoms in total. The van der Waals surface area contributed by atoms with Crippen LogP contribution in [0.2, 0.25) is 0 Å². The number of ketones is 1. The van der Waals surface area contributed by atoms with Crippen LogP contribution >= 0.6 is 0 Å². The number of likely N-dealkylation sites (tertiary alicyclic amines) is 1. The standard InChI is InChI=1S/C26H37N5O4/c1-3-4-5-22(27-2)25(33)19-8-11-30(12-9-19)16-24(32)31(14-18-6-7-18)15-23-28-21-10-13-35-17-20(21)26(34)29-23/h4-5,18-19H,3,6-17H2,1-2H3,(H,28,29,34)/b5-4-,27-22?. The number of carbonyl (C=O) groups excluding carboxylic acids is 2. The molecule has 2 aliphatic heterocycles. The summed E-state index contributed by atoms with van der Waals surface area (Å²) in [6.45, 7) is 5.63. The summed E-state index contributed by atoms with van der Waals surface area (Å²) in [5, 5.41) is 0. The van der Waals surface area contributed by atoms with Crippen LogP contribution in [-0.2, 0) is 33.9 Å². The molecule has 9 heteroatoms. The molecule has 190 valence electrons. The van der Waals surface area contributed by atoms with E-state index in [0.29, 0.717) is 75.4 Å². The Hall–Kier alpha value is -2.65. The van der Waals surface area contributed by atoms with Crippen LogP contribution in [0.1, 0.15) is 56.1 Å². The van der Waals surface area contributed by atoms with Crippen LogP contribution < -0.4 is 5.56 Å². The summed E-state index contributed by atoms with van der Waals surface area (Å²) in [6.07, 6.45) is 9.00. The number of hydrogen-bond donors (Lipinski definition) is 1. The van der Waals surface area contributed by atoms with E-state index in [1.807, 2.05) is 24.0 Å². The Balaban J connectivity index is 1.35. The molecule has 1 aromatic rings. The lowest BCUT2D eigenvalue weighted by atomic mass is 9.90. The van der Waals surface area contributed by atoms with E-state index >= 15 is 0 Å². The number of piperidine rings is 1. The third-order valence-electron chi connectivity index (χ3n) is 7.07. The van der Waals surface area contributed by atoms with Crippen molar-refractivity contribution in [3.63, 3.8) is 0 Å². The van der Waals surface area contributed by atoms with E-state index < -0.39 is 0 Å². The molecule has 1 saturated carbocycles. The summed E-state index contributed by atoms with van der Waals surface area (Å²) in [5.74, 6) is 1.18. The molecule has 1 amide bonds. The highest BCUT2D eigenvalue weighted by molar-refractivity contribution is 6.44. The number of carbonyl (C=O) groups is 2. The fourth-order valence-electron chi connectivity index (χ4n) is 4.77.